The van der Waals surface area contributed by atoms with Gasteiger partial charge in [-0.15, -0.1) is 0 Å². The zero-order chi connectivity index (χ0) is 15.5. The van der Waals surface area contributed by atoms with E-state index in [9.17, 15) is 12.8 Å². The zero-order valence-corrected chi connectivity index (χ0v) is 12.2. The molecule has 2 rings (SSSR count). The van der Waals surface area contributed by atoms with Crippen molar-refractivity contribution in [2.45, 2.75) is 11.4 Å². The minimum atomic E-state index is -3.80. The van der Waals surface area contributed by atoms with Gasteiger partial charge in [0.2, 0.25) is 0 Å². The Morgan fingerprint density at radius 2 is 1.86 bits per heavy atom. The van der Waals surface area contributed by atoms with Gasteiger partial charge in [-0.2, -0.15) is 0 Å². The van der Waals surface area contributed by atoms with Gasteiger partial charge < -0.3 is 10.5 Å². The number of nitrogens with two attached hydrogens (primary N) is 1. The first-order valence-corrected chi connectivity index (χ1v) is 7.60. The number of ether oxygens (including phenoxy) is 1. The Bertz CT molecular complexity index is 730. The maximum atomic E-state index is 13.4. The first-order valence-electron chi connectivity index (χ1n) is 6.11. The number of sulfonamides is 1. The smallest absolute Gasteiger partial charge is 0.261 e. The fraction of sp³-hybridized carbons (Fsp3) is 0.143. The summed E-state index contributed by atoms with van der Waals surface area (Å²) in [7, 11) is -2.28. The lowest BCUT2D eigenvalue weighted by Gasteiger charge is -2.10. The number of anilines is 1. The Hall–Kier alpha value is -2.12. The van der Waals surface area contributed by atoms with Crippen molar-refractivity contribution in [3.05, 3.63) is 53.8 Å². The molecule has 0 aliphatic heterocycles. The van der Waals surface area contributed by atoms with E-state index < -0.39 is 15.8 Å². The van der Waals surface area contributed by atoms with Crippen LogP contribution in [0, 0.1) is 5.82 Å². The van der Waals surface area contributed by atoms with E-state index in [1.807, 2.05) is 0 Å². The predicted octanol–water partition coefficient (Wildman–Crippen LogP) is 2.09. The van der Waals surface area contributed by atoms with E-state index in [4.69, 9.17) is 10.5 Å². The number of hydrogen-bond acceptors (Lipinski definition) is 4. The molecule has 5 nitrogen and oxygen atoms in total. The van der Waals surface area contributed by atoms with Crippen molar-refractivity contribution in [1.82, 2.24) is 0 Å². The van der Waals surface area contributed by atoms with Crippen molar-refractivity contribution in [3.63, 3.8) is 0 Å². The van der Waals surface area contributed by atoms with Gasteiger partial charge in [-0.1, -0.05) is 0 Å². The third-order valence-corrected chi connectivity index (χ3v) is 4.27. The minimum absolute atomic E-state index is 0.0415. The van der Waals surface area contributed by atoms with Crippen LogP contribution >= 0.6 is 0 Å². The van der Waals surface area contributed by atoms with Crippen LogP contribution in [-0.4, -0.2) is 15.5 Å². The number of nitrogens with one attached hydrogen (secondary N) is 1. The summed E-state index contributed by atoms with van der Waals surface area (Å²) in [5.74, 6) is 0.0889. The van der Waals surface area contributed by atoms with Crippen molar-refractivity contribution in [2.75, 3.05) is 11.8 Å². The molecule has 0 saturated heterocycles. The van der Waals surface area contributed by atoms with Crippen molar-refractivity contribution in [3.8, 4) is 5.75 Å². The molecule has 3 N–H and O–H groups in total. The van der Waals surface area contributed by atoms with Crippen molar-refractivity contribution < 1.29 is 17.5 Å². The first kappa shape index (κ1) is 15.3. The number of hydrogen-bond donors (Lipinski definition) is 2. The molecule has 2 aromatic carbocycles. The molecule has 0 radical (unpaired) electrons. The van der Waals surface area contributed by atoms with Gasteiger partial charge in [0.1, 0.15) is 11.6 Å². The van der Waals surface area contributed by atoms with E-state index in [0.717, 1.165) is 6.07 Å². The Labute approximate surface area is 122 Å². The first-order chi connectivity index (χ1) is 9.96. The van der Waals surface area contributed by atoms with Gasteiger partial charge in [-0.3, -0.25) is 4.72 Å². The van der Waals surface area contributed by atoms with Crippen LogP contribution < -0.4 is 15.2 Å². The SMILES string of the molecule is COc1ccc(NS(=O)(=O)c2ccc(F)c(CN)c2)cc1. The predicted molar refractivity (Wildman–Crippen MR) is 78.1 cm³/mol. The fourth-order valence-electron chi connectivity index (χ4n) is 1.75. The molecule has 0 aromatic heterocycles. The van der Waals surface area contributed by atoms with Crippen molar-refractivity contribution >= 4 is 15.7 Å². The van der Waals surface area contributed by atoms with Crippen LogP contribution in [-0.2, 0) is 16.6 Å². The average molecular weight is 310 g/mol. The molecular weight excluding hydrogens is 295 g/mol. The van der Waals surface area contributed by atoms with Gasteiger partial charge in [0, 0.05) is 17.8 Å². The molecule has 7 heteroatoms. The Morgan fingerprint density at radius 1 is 1.19 bits per heavy atom. The van der Waals surface area contributed by atoms with Gasteiger partial charge in [0.05, 0.1) is 12.0 Å². The summed E-state index contributed by atoms with van der Waals surface area (Å²) in [5.41, 5.74) is 5.91. The van der Waals surface area contributed by atoms with Gasteiger partial charge in [0.15, 0.2) is 0 Å². The molecule has 0 fully saturated rings. The lowest BCUT2D eigenvalue weighted by molar-refractivity contribution is 0.415. The van der Waals surface area contributed by atoms with Crippen LogP contribution in [0.15, 0.2) is 47.4 Å². The van der Waals surface area contributed by atoms with Crippen LogP contribution in [0.5, 0.6) is 5.75 Å². The quantitative estimate of drug-likeness (QED) is 0.886. The topological polar surface area (TPSA) is 81.4 Å². The van der Waals surface area contributed by atoms with E-state index in [1.54, 1.807) is 24.3 Å². The standard InChI is InChI=1S/C14H15FN2O3S/c1-20-12-4-2-11(3-5-12)17-21(18,19)13-6-7-14(15)10(8-13)9-16/h2-8,17H,9,16H2,1H3. The third kappa shape index (κ3) is 3.50. The molecule has 0 spiro atoms. The number of rotatable bonds is 5. The molecule has 0 saturated carbocycles. The second kappa shape index (κ2) is 6.11. The fourth-order valence-corrected chi connectivity index (χ4v) is 2.86. The monoisotopic (exact) mass is 310 g/mol. The number of methoxy groups -OCH3 is 1. The molecule has 0 aliphatic rings. The summed E-state index contributed by atoms with van der Waals surface area (Å²) in [6, 6.07) is 9.92. The summed E-state index contributed by atoms with van der Waals surface area (Å²) in [4.78, 5) is -0.0415. The van der Waals surface area contributed by atoms with Gasteiger partial charge in [-0.05, 0) is 42.5 Å². The van der Waals surface area contributed by atoms with E-state index >= 15 is 0 Å². The molecule has 0 amide bonds. The van der Waals surface area contributed by atoms with E-state index in [0.29, 0.717) is 11.4 Å². The molecule has 112 valence electrons. The lowest BCUT2D eigenvalue weighted by atomic mass is 10.2. The van der Waals surface area contributed by atoms with Crippen LogP contribution in [0.25, 0.3) is 0 Å². The summed E-state index contributed by atoms with van der Waals surface area (Å²) >= 11 is 0. The van der Waals surface area contributed by atoms with E-state index in [1.165, 1.54) is 19.2 Å². The summed E-state index contributed by atoms with van der Waals surface area (Å²) in [5, 5.41) is 0. The highest BCUT2D eigenvalue weighted by Gasteiger charge is 2.16. The van der Waals surface area contributed by atoms with Crippen LogP contribution in [0.4, 0.5) is 10.1 Å². The van der Waals surface area contributed by atoms with Gasteiger partial charge in [-0.25, -0.2) is 12.8 Å². The largest absolute Gasteiger partial charge is 0.497 e. The average Bonchev–Trinajstić information content (AvgIpc) is 2.48. The summed E-state index contributed by atoms with van der Waals surface area (Å²) < 4.78 is 45.2. The Morgan fingerprint density at radius 3 is 2.43 bits per heavy atom. The second-order valence-corrected chi connectivity index (χ2v) is 5.97. The third-order valence-electron chi connectivity index (χ3n) is 2.89. The Balaban J connectivity index is 2.29. The zero-order valence-electron chi connectivity index (χ0n) is 11.3. The van der Waals surface area contributed by atoms with E-state index in [2.05, 4.69) is 4.72 Å². The molecular formula is C14H15FN2O3S. The summed E-state index contributed by atoms with van der Waals surface area (Å²) in [6.07, 6.45) is 0. The maximum Gasteiger partial charge on any atom is 0.261 e. The highest BCUT2D eigenvalue weighted by atomic mass is 32.2. The maximum absolute atomic E-state index is 13.4. The second-order valence-electron chi connectivity index (χ2n) is 4.29. The van der Waals surface area contributed by atoms with Crippen molar-refractivity contribution in [1.29, 1.82) is 0 Å². The molecule has 0 aliphatic carbocycles. The van der Waals surface area contributed by atoms with Crippen LogP contribution in [0.1, 0.15) is 5.56 Å². The van der Waals surface area contributed by atoms with Gasteiger partial charge in [0.25, 0.3) is 10.0 Å². The number of benzene rings is 2. The molecule has 0 atom stereocenters. The Kier molecular flexibility index (Phi) is 4.44. The van der Waals surface area contributed by atoms with E-state index in [-0.39, 0.29) is 17.0 Å². The number of halogens is 1. The summed E-state index contributed by atoms with van der Waals surface area (Å²) in [6.45, 7) is -0.0717. The molecule has 21 heavy (non-hydrogen) atoms. The van der Waals surface area contributed by atoms with Crippen LogP contribution in [0.3, 0.4) is 0 Å². The molecule has 0 bridgehead atoms. The highest BCUT2D eigenvalue weighted by Crippen LogP contribution is 2.20. The normalized spacial score (nSPS) is 11.2. The van der Waals surface area contributed by atoms with Crippen molar-refractivity contribution in [2.24, 2.45) is 5.73 Å². The van der Waals surface area contributed by atoms with Gasteiger partial charge >= 0.3 is 0 Å². The minimum Gasteiger partial charge on any atom is -0.497 e. The lowest BCUT2D eigenvalue weighted by Crippen LogP contribution is -2.14. The highest BCUT2D eigenvalue weighted by molar-refractivity contribution is 7.92. The molecule has 0 unspecified atom stereocenters. The molecule has 0 heterocycles. The molecule has 2 aromatic rings. The van der Waals surface area contributed by atoms with Crippen LogP contribution in [0.2, 0.25) is 0 Å².